The number of carbonyl (C=O) groups excluding carboxylic acids is 2. The van der Waals surface area contributed by atoms with Gasteiger partial charge in [-0.2, -0.15) is 0 Å². The molecule has 2 aromatic carbocycles. The number of amides is 1. The van der Waals surface area contributed by atoms with Crippen LogP contribution in [0.2, 0.25) is 0 Å². The number of rotatable bonds is 9. The van der Waals surface area contributed by atoms with E-state index in [1.54, 1.807) is 19.1 Å². The standard InChI is InChI=1S/C20H24N2O6S/c1-4-21-19(23)14(3)28-20(24)15-7-6-8-16(13-15)22-29(25,26)18-11-9-17(10-12-18)27-5-2/h6-14,22H,4-5H2,1-3H3,(H,21,23)/t14-/m0/s1. The van der Waals surface area contributed by atoms with Crippen molar-refractivity contribution in [2.45, 2.75) is 31.8 Å². The number of benzene rings is 2. The van der Waals surface area contributed by atoms with Crippen molar-refractivity contribution in [3.8, 4) is 5.75 Å². The lowest BCUT2D eigenvalue weighted by Crippen LogP contribution is -2.35. The van der Waals surface area contributed by atoms with E-state index in [0.29, 0.717) is 18.9 Å². The fourth-order valence-electron chi connectivity index (χ4n) is 2.41. The maximum atomic E-state index is 12.6. The fraction of sp³-hybridized carbons (Fsp3) is 0.300. The van der Waals surface area contributed by atoms with Crippen LogP contribution in [-0.2, 0) is 19.6 Å². The summed E-state index contributed by atoms with van der Waals surface area (Å²) in [5.41, 5.74) is 0.312. The molecule has 0 aliphatic heterocycles. The molecule has 1 amide bonds. The molecule has 0 unspecified atom stereocenters. The highest BCUT2D eigenvalue weighted by Gasteiger charge is 2.19. The van der Waals surface area contributed by atoms with Crippen LogP contribution in [0.3, 0.4) is 0 Å². The fourth-order valence-corrected chi connectivity index (χ4v) is 3.46. The Kier molecular flexibility index (Phi) is 7.60. The first kappa shape index (κ1) is 22.2. The molecule has 156 valence electrons. The number of ether oxygens (including phenoxy) is 2. The van der Waals surface area contributed by atoms with Crippen molar-refractivity contribution in [2.75, 3.05) is 17.9 Å². The number of hydrogen-bond acceptors (Lipinski definition) is 6. The Morgan fingerprint density at radius 3 is 2.38 bits per heavy atom. The molecule has 29 heavy (non-hydrogen) atoms. The molecule has 0 aliphatic rings. The molecule has 0 saturated carbocycles. The highest BCUT2D eigenvalue weighted by molar-refractivity contribution is 7.92. The molecule has 0 radical (unpaired) electrons. The van der Waals surface area contributed by atoms with Crippen molar-refractivity contribution in [1.82, 2.24) is 5.32 Å². The maximum absolute atomic E-state index is 12.6. The minimum absolute atomic E-state index is 0.0544. The van der Waals surface area contributed by atoms with E-state index in [9.17, 15) is 18.0 Å². The third-order valence-corrected chi connectivity index (χ3v) is 5.20. The Labute approximate surface area is 170 Å². The number of anilines is 1. The first-order valence-electron chi connectivity index (χ1n) is 9.11. The molecule has 0 fully saturated rings. The van der Waals surface area contributed by atoms with Crippen LogP contribution in [-0.4, -0.2) is 39.5 Å². The average molecular weight is 420 g/mol. The van der Waals surface area contributed by atoms with Crippen molar-refractivity contribution < 1.29 is 27.5 Å². The molecule has 1 atom stereocenters. The smallest absolute Gasteiger partial charge is 0.338 e. The van der Waals surface area contributed by atoms with Crippen LogP contribution in [0.5, 0.6) is 5.75 Å². The topological polar surface area (TPSA) is 111 Å². The first-order valence-corrected chi connectivity index (χ1v) is 10.6. The summed E-state index contributed by atoms with van der Waals surface area (Å²) in [4.78, 5) is 24.0. The highest BCUT2D eigenvalue weighted by Crippen LogP contribution is 2.20. The molecule has 0 heterocycles. The van der Waals surface area contributed by atoms with Gasteiger partial charge in [-0.3, -0.25) is 9.52 Å². The van der Waals surface area contributed by atoms with E-state index in [1.807, 2.05) is 6.92 Å². The van der Waals surface area contributed by atoms with Gasteiger partial charge in [0.2, 0.25) is 0 Å². The Bertz CT molecular complexity index is 957. The molecular weight excluding hydrogens is 396 g/mol. The van der Waals surface area contributed by atoms with Gasteiger partial charge in [0.15, 0.2) is 6.10 Å². The Morgan fingerprint density at radius 2 is 1.76 bits per heavy atom. The van der Waals surface area contributed by atoms with Crippen molar-refractivity contribution >= 4 is 27.6 Å². The summed E-state index contributed by atoms with van der Waals surface area (Å²) in [7, 11) is -3.85. The second-order valence-corrected chi connectivity index (χ2v) is 7.72. The lowest BCUT2D eigenvalue weighted by atomic mass is 10.2. The second-order valence-electron chi connectivity index (χ2n) is 6.03. The Hall–Kier alpha value is -3.07. The molecule has 0 saturated heterocycles. The van der Waals surface area contributed by atoms with Gasteiger partial charge in [-0.25, -0.2) is 13.2 Å². The van der Waals surface area contributed by atoms with E-state index in [-0.39, 0.29) is 16.1 Å². The molecule has 0 aromatic heterocycles. The number of carbonyl (C=O) groups is 2. The third-order valence-electron chi connectivity index (χ3n) is 3.80. The van der Waals surface area contributed by atoms with Gasteiger partial charge in [-0.05, 0) is 63.2 Å². The van der Waals surface area contributed by atoms with Gasteiger partial charge in [0, 0.05) is 12.2 Å². The Morgan fingerprint density at radius 1 is 1.07 bits per heavy atom. The molecule has 2 rings (SSSR count). The number of esters is 1. The lowest BCUT2D eigenvalue weighted by molar-refractivity contribution is -0.128. The summed E-state index contributed by atoms with van der Waals surface area (Å²) in [5.74, 6) is -0.573. The second kappa shape index (κ2) is 9.92. The summed E-state index contributed by atoms with van der Waals surface area (Å²) in [6.07, 6.45) is -0.966. The average Bonchev–Trinajstić information content (AvgIpc) is 2.68. The molecule has 2 aromatic rings. The highest BCUT2D eigenvalue weighted by atomic mass is 32.2. The molecule has 0 bridgehead atoms. The third kappa shape index (κ3) is 6.21. The number of nitrogens with one attached hydrogen (secondary N) is 2. The minimum Gasteiger partial charge on any atom is -0.494 e. The Balaban J connectivity index is 2.12. The van der Waals surface area contributed by atoms with Crippen LogP contribution in [0, 0.1) is 0 Å². The molecule has 8 nitrogen and oxygen atoms in total. The van der Waals surface area contributed by atoms with Crippen LogP contribution in [0.15, 0.2) is 53.4 Å². The lowest BCUT2D eigenvalue weighted by Gasteiger charge is -2.13. The van der Waals surface area contributed by atoms with Crippen molar-refractivity contribution in [3.05, 3.63) is 54.1 Å². The summed E-state index contributed by atoms with van der Waals surface area (Å²) in [5, 5.41) is 2.56. The van der Waals surface area contributed by atoms with E-state index >= 15 is 0 Å². The van der Waals surface area contributed by atoms with Gasteiger partial charge < -0.3 is 14.8 Å². The van der Waals surface area contributed by atoms with Gasteiger partial charge in [0.1, 0.15) is 5.75 Å². The van der Waals surface area contributed by atoms with E-state index < -0.39 is 28.0 Å². The van der Waals surface area contributed by atoms with E-state index in [4.69, 9.17) is 9.47 Å². The van der Waals surface area contributed by atoms with Crippen molar-refractivity contribution in [3.63, 3.8) is 0 Å². The monoisotopic (exact) mass is 420 g/mol. The summed E-state index contributed by atoms with van der Waals surface area (Å²) >= 11 is 0. The maximum Gasteiger partial charge on any atom is 0.338 e. The van der Waals surface area contributed by atoms with Crippen LogP contribution >= 0.6 is 0 Å². The predicted molar refractivity (Wildman–Crippen MR) is 108 cm³/mol. The van der Waals surface area contributed by atoms with E-state index in [1.165, 1.54) is 43.3 Å². The van der Waals surface area contributed by atoms with Gasteiger partial charge in [-0.1, -0.05) is 6.07 Å². The van der Waals surface area contributed by atoms with Crippen LogP contribution < -0.4 is 14.8 Å². The number of sulfonamides is 1. The van der Waals surface area contributed by atoms with E-state index in [0.717, 1.165) is 0 Å². The summed E-state index contributed by atoms with van der Waals surface area (Å²) < 4.78 is 38.0. The molecule has 2 N–H and O–H groups in total. The van der Waals surface area contributed by atoms with Gasteiger partial charge in [0.05, 0.1) is 17.1 Å². The molecule has 0 spiro atoms. The van der Waals surface area contributed by atoms with Gasteiger partial charge in [-0.15, -0.1) is 0 Å². The molecule has 0 aliphatic carbocycles. The van der Waals surface area contributed by atoms with Crippen molar-refractivity contribution in [1.29, 1.82) is 0 Å². The first-order chi connectivity index (χ1) is 13.8. The molecule has 9 heteroatoms. The SMILES string of the molecule is CCNC(=O)[C@H](C)OC(=O)c1cccc(NS(=O)(=O)c2ccc(OCC)cc2)c1. The van der Waals surface area contributed by atoms with Crippen molar-refractivity contribution in [2.24, 2.45) is 0 Å². The molecular formula is C20H24N2O6S. The zero-order chi connectivity index (χ0) is 21.4. The van der Waals surface area contributed by atoms with Crippen LogP contribution in [0.25, 0.3) is 0 Å². The zero-order valence-corrected chi connectivity index (χ0v) is 17.3. The van der Waals surface area contributed by atoms with Crippen LogP contribution in [0.4, 0.5) is 5.69 Å². The number of likely N-dealkylation sites (N-methyl/N-ethyl adjacent to an activating group) is 1. The van der Waals surface area contributed by atoms with E-state index in [2.05, 4.69) is 10.0 Å². The van der Waals surface area contributed by atoms with Crippen LogP contribution in [0.1, 0.15) is 31.1 Å². The normalized spacial score (nSPS) is 12.0. The van der Waals surface area contributed by atoms with Gasteiger partial charge >= 0.3 is 5.97 Å². The quantitative estimate of drug-likeness (QED) is 0.603. The minimum atomic E-state index is -3.85. The summed E-state index contributed by atoms with van der Waals surface area (Å²) in [6, 6.07) is 11.8. The largest absolute Gasteiger partial charge is 0.494 e. The summed E-state index contributed by atoms with van der Waals surface area (Å²) in [6.45, 7) is 5.95. The zero-order valence-electron chi connectivity index (χ0n) is 16.5. The predicted octanol–water partition coefficient (Wildman–Crippen LogP) is 2.57. The van der Waals surface area contributed by atoms with Gasteiger partial charge in [0.25, 0.3) is 15.9 Å². The number of hydrogen-bond donors (Lipinski definition) is 2.